The fourth-order valence-corrected chi connectivity index (χ4v) is 4.00. The summed E-state index contributed by atoms with van der Waals surface area (Å²) < 4.78 is 0.960. The van der Waals surface area contributed by atoms with Crippen LogP contribution in [-0.2, 0) is 0 Å². The molecule has 1 saturated carbocycles. The molecule has 1 amide bonds. The molecule has 1 aromatic carbocycles. The summed E-state index contributed by atoms with van der Waals surface area (Å²) in [5, 5.41) is 4.46. The molecule has 0 saturated heterocycles. The molecule has 19 heavy (non-hydrogen) atoms. The van der Waals surface area contributed by atoms with Crippen LogP contribution in [0.2, 0.25) is 5.02 Å². The highest BCUT2D eigenvalue weighted by Gasteiger charge is 2.22. The topological polar surface area (TPSA) is 55.1 Å². The van der Waals surface area contributed by atoms with E-state index in [2.05, 4.69) is 5.32 Å². The molecule has 1 aliphatic carbocycles. The first-order valence-corrected chi connectivity index (χ1v) is 7.63. The van der Waals surface area contributed by atoms with Crippen molar-refractivity contribution >= 4 is 44.6 Å². The maximum Gasteiger partial charge on any atom is 0.263 e. The second-order valence-corrected chi connectivity index (χ2v) is 6.37. The van der Waals surface area contributed by atoms with Gasteiger partial charge in [0.15, 0.2) is 0 Å². The van der Waals surface area contributed by atoms with Crippen LogP contribution in [0.4, 0.5) is 5.69 Å². The Morgan fingerprint density at radius 3 is 2.79 bits per heavy atom. The van der Waals surface area contributed by atoms with Crippen LogP contribution in [0.5, 0.6) is 0 Å². The Kier molecular flexibility index (Phi) is 3.37. The van der Waals surface area contributed by atoms with Gasteiger partial charge in [0.1, 0.15) is 4.88 Å². The first-order chi connectivity index (χ1) is 9.16. The minimum absolute atomic E-state index is 0.0679. The molecule has 1 aliphatic rings. The average Bonchev–Trinajstić information content (AvgIpc) is 2.98. The van der Waals surface area contributed by atoms with Gasteiger partial charge in [-0.2, -0.15) is 0 Å². The molecule has 3 rings (SSSR count). The number of carbonyl (C=O) groups excluding carboxylic acids is 1. The van der Waals surface area contributed by atoms with E-state index in [0.717, 1.165) is 22.9 Å². The zero-order valence-electron chi connectivity index (χ0n) is 10.4. The van der Waals surface area contributed by atoms with Crippen molar-refractivity contribution in [2.75, 3.05) is 5.73 Å². The maximum absolute atomic E-state index is 12.3. The lowest BCUT2D eigenvalue weighted by molar-refractivity contribution is 0.0943. The fraction of sp³-hybridized carbons (Fsp3) is 0.357. The summed E-state index contributed by atoms with van der Waals surface area (Å²) in [5.74, 6) is -0.0679. The van der Waals surface area contributed by atoms with Crippen molar-refractivity contribution in [2.24, 2.45) is 0 Å². The van der Waals surface area contributed by atoms with E-state index < -0.39 is 0 Å². The Balaban J connectivity index is 1.94. The van der Waals surface area contributed by atoms with Crippen LogP contribution < -0.4 is 11.1 Å². The van der Waals surface area contributed by atoms with Gasteiger partial charge in [-0.15, -0.1) is 11.3 Å². The number of rotatable bonds is 2. The quantitative estimate of drug-likeness (QED) is 0.885. The number of hydrogen-bond acceptors (Lipinski definition) is 3. The molecule has 100 valence electrons. The molecule has 0 atom stereocenters. The van der Waals surface area contributed by atoms with Crippen molar-refractivity contribution < 1.29 is 4.79 Å². The standard InChI is InChI=1S/C14H15ClN2OS/c15-9-6-3-7-10-11(9)12(16)13(19-10)14(18)17-8-4-1-2-5-8/h3,6-8H,1-2,4-5,16H2,(H,17,18). The highest BCUT2D eigenvalue weighted by molar-refractivity contribution is 7.21. The summed E-state index contributed by atoms with van der Waals surface area (Å²) in [4.78, 5) is 12.9. The van der Waals surface area contributed by atoms with Gasteiger partial charge < -0.3 is 11.1 Å². The Bertz CT molecular complexity index is 632. The van der Waals surface area contributed by atoms with Crippen LogP contribution in [0.1, 0.15) is 35.4 Å². The van der Waals surface area contributed by atoms with Crippen LogP contribution in [0.3, 0.4) is 0 Å². The molecule has 1 fully saturated rings. The lowest BCUT2D eigenvalue weighted by Crippen LogP contribution is -2.32. The number of carbonyl (C=O) groups is 1. The molecule has 0 spiro atoms. The van der Waals surface area contributed by atoms with Gasteiger partial charge in [0.25, 0.3) is 5.91 Å². The van der Waals surface area contributed by atoms with Crippen LogP contribution in [0, 0.1) is 0 Å². The Morgan fingerprint density at radius 1 is 1.37 bits per heavy atom. The van der Waals surface area contributed by atoms with Crippen molar-refractivity contribution in [1.82, 2.24) is 5.32 Å². The third kappa shape index (κ3) is 2.30. The third-order valence-corrected chi connectivity index (χ3v) is 5.08. The molecule has 2 aromatic rings. The molecule has 5 heteroatoms. The molecule has 0 aliphatic heterocycles. The number of thiophene rings is 1. The molecular weight excluding hydrogens is 280 g/mol. The Hall–Kier alpha value is -1.26. The van der Waals surface area contributed by atoms with E-state index in [1.54, 1.807) is 6.07 Å². The normalized spacial score (nSPS) is 16.1. The predicted molar refractivity (Wildman–Crippen MR) is 81.0 cm³/mol. The van der Waals surface area contributed by atoms with Gasteiger partial charge in [-0.05, 0) is 25.0 Å². The van der Waals surface area contributed by atoms with E-state index in [1.165, 1.54) is 24.2 Å². The first kappa shape index (κ1) is 12.8. The molecule has 0 bridgehead atoms. The molecule has 3 nitrogen and oxygen atoms in total. The van der Waals surface area contributed by atoms with E-state index in [9.17, 15) is 4.79 Å². The SMILES string of the molecule is Nc1c(C(=O)NC2CCCC2)sc2cccc(Cl)c12. The van der Waals surface area contributed by atoms with Crippen LogP contribution in [0.15, 0.2) is 18.2 Å². The summed E-state index contributed by atoms with van der Waals surface area (Å²) in [6, 6.07) is 5.91. The highest BCUT2D eigenvalue weighted by Crippen LogP contribution is 2.38. The molecule has 0 radical (unpaired) electrons. The van der Waals surface area contributed by atoms with Crippen LogP contribution in [-0.4, -0.2) is 11.9 Å². The van der Waals surface area contributed by atoms with Gasteiger partial charge >= 0.3 is 0 Å². The van der Waals surface area contributed by atoms with Crippen LogP contribution >= 0.6 is 22.9 Å². The summed E-state index contributed by atoms with van der Waals surface area (Å²) in [7, 11) is 0. The number of halogens is 1. The number of anilines is 1. The zero-order valence-corrected chi connectivity index (χ0v) is 12.0. The van der Waals surface area contributed by atoms with Crippen molar-refractivity contribution in [3.63, 3.8) is 0 Å². The maximum atomic E-state index is 12.3. The molecule has 3 N–H and O–H groups in total. The molecule has 1 heterocycles. The number of benzene rings is 1. The smallest absolute Gasteiger partial charge is 0.263 e. The minimum atomic E-state index is -0.0679. The number of amides is 1. The average molecular weight is 295 g/mol. The van der Waals surface area contributed by atoms with Crippen molar-refractivity contribution in [1.29, 1.82) is 0 Å². The van der Waals surface area contributed by atoms with Gasteiger partial charge in [0.2, 0.25) is 0 Å². The minimum Gasteiger partial charge on any atom is -0.397 e. The van der Waals surface area contributed by atoms with E-state index in [-0.39, 0.29) is 5.91 Å². The van der Waals surface area contributed by atoms with E-state index in [0.29, 0.717) is 21.6 Å². The number of nitrogen functional groups attached to an aromatic ring is 1. The lowest BCUT2D eigenvalue weighted by Gasteiger charge is -2.11. The largest absolute Gasteiger partial charge is 0.397 e. The fourth-order valence-electron chi connectivity index (χ4n) is 2.62. The van der Waals surface area contributed by atoms with E-state index in [1.807, 2.05) is 12.1 Å². The molecule has 1 aromatic heterocycles. The number of nitrogens with two attached hydrogens (primary N) is 1. The summed E-state index contributed by atoms with van der Waals surface area (Å²) in [5.41, 5.74) is 6.58. The Morgan fingerprint density at radius 2 is 2.11 bits per heavy atom. The van der Waals surface area contributed by atoms with Gasteiger partial charge in [0, 0.05) is 16.1 Å². The lowest BCUT2D eigenvalue weighted by atomic mass is 10.2. The predicted octanol–water partition coefficient (Wildman–Crippen LogP) is 3.81. The Labute approximate surface area is 120 Å². The van der Waals surface area contributed by atoms with Crippen molar-refractivity contribution in [2.45, 2.75) is 31.7 Å². The second kappa shape index (κ2) is 5.02. The third-order valence-electron chi connectivity index (χ3n) is 3.60. The highest BCUT2D eigenvalue weighted by atomic mass is 35.5. The summed E-state index contributed by atoms with van der Waals surface area (Å²) in [6.45, 7) is 0. The van der Waals surface area contributed by atoms with Crippen molar-refractivity contribution in [3.05, 3.63) is 28.1 Å². The van der Waals surface area contributed by atoms with Gasteiger partial charge in [-0.25, -0.2) is 0 Å². The number of nitrogens with one attached hydrogen (secondary N) is 1. The summed E-state index contributed by atoms with van der Waals surface area (Å²) >= 11 is 7.55. The summed E-state index contributed by atoms with van der Waals surface area (Å²) in [6.07, 6.45) is 4.52. The number of hydrogen-bond donors (Lipinski definition) is 2. The molecular formula is C14H15ClN2OS. The van der Waals surface area contributed by atoms with Gasteiger partial charge in [-0.1, -0.05) is 30.5 Å². The second-order valence-electron chi connectivity index (χ2n) is 4.91. The monoisotopic (exact) mass is 294 g/mol. The zero-order chi connectivity index (χ0) is 13.4. The van der Waals surface area contributed by atoms with E-state index >= 15 is 0 Å². The first-order valence-electron chi connectivity index (χ1n) is 6.44. The van der Waals surface area contributed by atoms with Gasteiger partial charge in [0.05, 0.1) is 10.7 Å². The number of fused-ring (bicyclic) bond motifs is 1. The van der Waals surface area contributed by atoms with Gasteiger partial charge in [-0.3, -0.25) is 4.79 Å². The van der Waals surface area contributed by atoms with E-state index in [4.69, 9.17) is 17.3 Å². The van der Waals surface area contributed by atoms with Crippen LogP contribution in [0.25, 0.3) is 10.1 Å². The molecule has 0 unspecified atom stereocenters. The van der Waals surface area contributed by atoms with Crippen molar-refractivity contribution in [3.8, 4) is 0 Å².